The summed E-state index contributed by atoms with van der Waals surface area (Å²) >= 11 is 0. The highest BCUT2D eigenvalue weighted by Crippen LogP contribution is 2.41. The van der Waals surface area contributed by atoms with E-state index in [-0.39, 0.29) is 11.5 Å². The van der Waals surface area contributed by atoms with Gasteiger partial charge in [-0.1, -0.05) is 0 Å². The predicted molar refractivity (Wildman–Crippen MR) is 72.1 cm³/mol. The third-order valence-corrected chi connectivity index (χ3v) is 6.06. The van der Waals surface area contributed by atoms with Crippen molar-refractivity contribution in [2.45, 2.75) is 25.4 Å². The van der Waals surface area contributed by atoms with E-state index in [1.807, 2.05) is 0 Å². The Labute approximate surface area is 115 Å². The molecule has 0 aromatic carbocycles. The molecule has 7 heteroatoms. The molecule has 0 N–H and O–H groups in total. The molecule has 6 nitrogen and oxygen atoms in total. The smallest absolute Gasteiger partial charge is 0.281 e. The zero-order valence-electron chi connectivity index (χ0n) is 12.0. The van der Waals surface area contributed by atoms with Gasteiger partial charge in [0.05, 0.1) is 12.7 Å². The molecule has 2 heterocycles. The molecular weight excluding hydrogens is 268 g/mol. The normalized spacial score (nSPS) is 33.4. The van der Waals surface area contributed by atoms with Crippen LogP contribution in [0.15, 0.2) is 0 Å². The number of fused-ring (bicyclic) bond motifs is 1. The number of ether oxygens (including phenoxy) is 2. The Morgan fingerprint density at radius 2 is 2.21 bits per heavy atom. The first-order valence-electron chi connectivity index (χ1n) is 6.70. The van der Waals surface area contributed by atoms with E-state index < -0.39 is 10.2 Å². The van der Waals surface area contributed by atoms with Crippen molar-refractivity contribution >= 4 is 10.2 Å². The monoisotopic (exact) mass is 292 g/mol. The standard InChI is InChI=1S/C12H24N2O4S/c1-13(2)19(15,16)14-7-5-11-12(9-14,10-17-3)6-4-8-18-11/h11H,4-10H2,1-3H3. The molecule has 2 rings (SSSR count). The molecule has 0 amide bonds. The van der Waals surface area contributed by atoms with Crippen LogP contribution in [0.2, 0.25) is 0 Å². The van der Waals surface area contributed by atoms with Crippen molar-refractivity contribution in [2.75, 3.05) is 47.5 Å². The molecule has 2 fully saturated rings. The van der Waals surface area contributed by atoms with Crippen LogP contribution in [0.5, 0.6) is 0 Å². The van der Waals surface area contributed by atoms with Crippen molar-refractivity contribution in [1.29, 1.82) is 0 Å². The predicted octanol–water partition coefficient (Wildman–Crippen LogP) is 0.310. The minimum absolute atomic E-state index is 0.120. The van der Waals surface area contributed by atoms with Crippen LogP contribution in [0, 0.1) is 5.41 Å². The highest BCUT2D eigenvalue weighted by atomic mass is 32.2. The summed E-state index contributed by atoms with van der Waals surface area (Å²) in [5, 5.41) is 0. The minimum Gasteiger partial charge on any atom is -0.384 e. The van der Waals surface area contributed by atoms with Crippen LogP contribution < -0.4 is 0 Å². The first kappa shape index (κ1) is 15.2. The molecule has 0 aromatic heterocycles. The molecule has 2 atom stereocenters. The maximum Gasteiger partial charge on any atom is 0.281 e. The molecule has 112 valence electrons. The van der Waals surface area contributed by atoms with Gasteiger partial charge >= 0.3 is 0 Å². The molecule has 0 bridgehead atoms. The highest BCUT2D eigenvalue weighted by molar-refractivity contribution is 7.86. The SMILES string of the molecule is COCC12CCCOC1CCN(S(=O)(=O)N(C)C)C2. The Morgan fingerprint density at radius 1 is 1.47 bits per heavy atom. The lowest BCUT2D eigenvalue weighted by Crippen LogP contribution is -2.59. The second-order valence-electron chi connectivity index (χ2n) is 5.67. The van der Waals surface area contributed by atoms with E-state index in [0.29, 0.717) is 19.7 Å². The van der Waals surface area contributed by atoms with Gasteiger partial charge in [0, 0.05) is 46.3 Å². The van der Waals surface area contributed by atoms with E-state index >= 15 is 0 Å². The molecule has 2 aliphatic rings. The zero-order valence-corrected chi connectivity index (χ0v) is 12.8. The van der Waals surface area contributed by atoms with Crippen LogP contribution >= 0.6 is 0 Å². The van der Waals surface area contributed by atoms with Crippen molar-refractivity contribution in [3.63, 3.8) is 0 Å². The fourth-order valence-corrected chi connectivity index (χ4v) is 4.39. The van der Waals surface area contributed by atoms with Gasteiger partial charge in [-0.25, -0.2) is 0 Å². The van der Waals surface area contributed by atoms with Gasteiger partial charge in [-0.2, -0.15) is 17.0 Å². The summed E-state index contributed by atoms with van der Waals surface area (Å²) in [4.78, 5) is 0. The van der Waals surface area contributed by atoms with Gasteiger partial charge in [-0.15, -0.1) is 0 Å². The van der Waals surface area contributed by atoms with Crippen molar-refractivity contribution in [2.24, 2.45) is 5.41 Å². The van der Waals surface area contributed by atoms with Crippen molar-refractivity contribution in [1.82, 2.24) is 8.61 Å². The summed E-state index contributed by atoms with van der Waals surface area (Å²) in [6, 6.07) is 0. The van der Waals surface area contributed by atoms with Crippen LogP contribution in [-0.2, 0) is 19.7 Å². The number of hydrogen-bond acceptors (Lipinski definition) is 4. The molecule has 0 aromatic rings. The molecule has 2 saturated heterocycles. The number of hydrogen-bond donors (Lipinski definition) is 0. The molecule has 19 heavy (non-hydrogen) atoms. The van der Waals surface area contributed by atoms with Gasteiger partial charge in [0.25, 0.3) is 10.2 Å². The summed E-state index contributed by atoms with van der Waals surface area (Å²) in [5.74, 6) is 0. The van der Waals surface area contributed by atoms with E-state index in [2.05, 4.69) is 0 Å². The Hall–Kier alpha value is -0.210. The molecule has 2 unspecified atom stereocenters. The van der Waals surface area contributed by atoms with Crippen LogP contribution in [0.1, 0.15) is 19.3 Å². The minimum atomic E-state index is -3.35. The van der Waals surface area contributed by atoms with Crippen LogP contribution in [0.3, 0.4) is 0 Å². The maximum atomic E-state index is 12.3. The fourth-order valence-electron chi connectivity index (χ4n) is 3.18. The molecule has 2 aliphatic heterocycles. The first-order valence-corrected chi connectivity index (χ1v) is 8.10. The summed E-state index contributed by atoms with van der Waals surface area (Å²) in [7, 11) is 1.46. The van der Waals surface area contributed by atoms with Gasteiger partial charge in [0.1, 0.15) is 0 Å². The lowest BCUT2D eigenvalue weighted by molar-refractivity contribution is -0.137. The quantitative estimate of drug-likeness (QED) is 0.748. The van der Waals surface area contributed by atoms with Crippen molar-refractivity contribution < 1.29 is 17.9 Å². The Balaban J connectivity index is 2.21. The second kappa shape index (κ2) is 5.65. The van der Waals surface area contributed by atoms with E-state index in [0.717, 1.165) is 25.9 Å². The lowest BCUT2D eigenvalue weighted by Gasteiger charge is -2.49. The Morgan fingerprint density at radius 3 is 2.84 bits per heavy atom. The second-order valence-corrected chi connectivity index (χ2v) is 7.81. The number of rotatable bonds is 4. The fraction of sp³-hybridized carbons (Fsp3) is 1.00. The number of piperidine rings is 1. The van der Waals surface area contributed by atoms with Gasteiger partial charge in [-0.05, 0) is 19.3 Å². The maximum absolute atomic E-state index is 12.3. The summed E-state index contributed by atoms with van der Waals surface area (Å²) < 4.78 is 38.6. The highest BCUT2D eigenvalue weighted by Gasteiger charge is 2.48. The summed E-state index contributed by atoms with van der Waals surface area (Å²) in [5.41, 5.74) is -0.186. The van der Waals surface area contributed by atoms with Gasteiger partial charge in [-0.3, -0.25) is 0 Å². The van der Waals surface area contributed by atoms with Gasteiger partial charge in [0.2, 0.25) is 0 Å². The van der Waals surface area contributed by atoms with Gasteiger partial charge < -0.3 is 9.47 Å². The molecular formula is C12H24N2O4S. The van der Waals surface area contributed by atoms with Gasteiger partial charge in [0.15, 0.2) is 0 Å². The Bertz CT molecular complexity index is 408. The zero-order chi connectivity index (χ0) is 14.1. The van der Waals surface area contributed by atoms with Crippen molar-refractivity contribution in [3.05, 3.63) is 0 Å². The summed E-state index contributed by atoms with van der Waals surface area (Å²) in [6.07, 6.45) is 2.80. The molecule has 0 aliphatic carbocycles. The number of nitrogens with zero attached hydrogens (tertiary/aromatic N) is 2. The third-order valence-electron chi connectivity index (χ3n) is 4.17. The average molecular weight is 292 g/mol. The number of methoxy groups -OCH3 is 1. The molecule has 0 spiro atoms. The lowest BCUT2D eigenvalue weighted by atomic mass is 9.73. The van der Waals surface area contributed by atoms with E-state index in [1.54, 1.807) is 25.5 Å². The van der Waals surface area contributed by atoms with Crippen LogP contribution in [0.25, 0.3) is 0 Å². The molecule has 0 saturated carbocycles. The van der Waals surface area contributed by atoms with E-state index in [4.69, 9.17) is 9.47 Å². The van der Waals surface area contributed by atoms with E-state index in [1.165, 1.54) is 4.31 Å². The van der Waals surface area contributed by atoms with Crippen LogP contribution in [0.4, 0.5) is 0 Å². The largest absolute Gasteiger partial charge is 0.384 e. The van der Waals surface area contributed by atoms with Crippen LogP contribution in [-0.4, -0.2) is 70.6 Å². The average Bonchev–Trinajstić information content (AvgIpc) is 2.38. The Kier molecular flexibility index (Phi) is 4.52. The molecule has 0 radical (unpaired) electrons. The third kappa shape index (κ3) is 2.80. The topological polar surface area (TPSA) is 59.1 Å². The van der Waals surface area contributed by atoms with Crippen molar-refractivity contribution in [3.8, 4) is 0 Å². The summed E-state index contributed by atoms with van der Waals surface area (Å²) in [6.45, 7) is 2.34. The van der Waals surface area contributed by atoms with E-state index in [9.17, 15) is 8.42 Å². The first-order chi connectivity index (χ1) is 8.92.